The molecule has 0 radical (unpaired) electrons. The lowest BCUT2D eigenvalue weighted by atomic mass is 10.2. The summed E-state index contributed by atoms with van der Waals surface area (Å²) in [7, 11) is 3.23. The van der Waals surface area contributed by atoms with E-state index in [0.717, 1.165) is 21.5 Å². The molecule has 0 bridgehead atoms. The van der Waals surface area contributed by atoms with Crippen LogP contribution in [0.2, 0.25) is 0 Å². The summed E-state index contributed by atoms with van der Waals surface area (Å²) in [6.45, 7) is 0. The van der Waals surface area contributed by atoms with E-state index in [1.807, 2.05) is 42.5 Å². The highest BCUT2D eigenvalue weighted by Gasteiger charge is 2.07. The Morgan fingerprint density at radius 1 is 1.05 bits per heavy atom. The van der Waals surface area contributed by atoms with Crippen LogP contribution in [0.5, 0.6) is 11.5 Å². The average molecular weight is 335 g/mol. The predicted molar refractivity (Wildman–Crippen MR) is 84.9 cm³/mol. The molecule has 4 nitrogen and oxygen atoms in total. The molecular formula is C15H15BrN2O2. The zero-order valence-corrected chi connectivity index (χ0v) is 12.8. The van der Waals surface area contributed by atoms with Gasteiger partial charge in [-0.15, -0.1) is 0 Å². The molecule has 0 unspecified atom stereocenters. The second-order valence-electron chi connectivity index (χ2n) is 3.96. The van der Waals surface area contributed by atoms with E-state index in [4.69, 9.17) is 9.47 Å². The van der Waals surface area contributed by atoms with Crippen LogP contribution in [0.25, 0.3) is 0 Å². The first-order valence-electron chi connectivity index (χ1n) is 6.00. The highest BCUT2D eigenvalue weighted by Crippen LogP contribution is 2.31. The van der Waals surface area contributed by atoms with Gasteiger partial charge in [-0.3, -0.25) is 5.43 Å². The van der Waals surface area contributed by atoms with Crippen LogP contribution in [0, 0.1) is 0 Å². The molecule has 2 aromatic carbocycles. The lowest BCUT2D eigenvalue weighted by molar-refractivity contribution is 0.392. The molecule has 0 aromatic heterocycles. The Bertz CT molecular complexity index is 600. The highest BCUT2D eigenvalue weighted by molar-refractivity contribution is 9.10. The molecule has 0 saturated carbocycles. The van der Waals surface area contributed by atoms with Crippen molar-refractivity contribution in [3.05, 3.63) is 52.5 Å². The fourth-order valence-electron chi connectivity index (χ4n) is 1.67. The van der Waals surface area contributed by atoms with Crippen LogP contribution in [-0.4, -0.2) is 20.4 Å². The summed E-state index contributed by atoms with van der Waals surface area (Å²) in [5, 5.41) is 4.20. The van der Waals surface area contributed by atoms with Gasteiger partial charge in [-0.1, -0.05) is 18.2 Å². The normalized spacial score (nSPS) is 10.6. The van der Waals surface area contributed by atoms with E-state index in [9.17, 15) is 0 Å². The van der Waals surface area contributed by atoms with Crippen LogP contribution < -0.4 is 14.9 Å². The Morgan fingerprint density at radius 3 is 2.40 bits per heavy atom. The Labute approximate surface area is 126 Å². The Hall–Kier alpha value is -2.01. The molecule has 0 atom stereocenters. The number of nitrogens with one attached hydrogen (secondary N) is 1. The van der Waals surface area contributed by atoms with Gasteiger partial charge in [0.15, 0.2) is 0 Å². The number of para-hydroxylation sites is 1. The number of rotatable bonds is 5. The quantitative estimate of drug-likeness (QED) is 0.665. The number of methoxy groups -OCH3 is 2. The van der Waals surface area contributed by atoms with Gasteiger partial charge in [-0.05, 0) is 34.1 Å². The first kappa shape index (κ1) is 14.4. The molecule has 2 rings (SSSR count). The second-order valence-corrected chi connectivity index (χ2v) is 4.82. The van der Waals surface area contributed by atoms with Crippen LogP contribution in [0.15, 0.2) is 52.0 Å². The van der Waals surface area contributed by atoms with Crippen LogP contribution in [0.1, 0.15) is 5.56 Å². The van der Waals surface area contributed by atoms with Crippen molar-refractivity contribution < 1.29 is 9.47 Å². The van der Waals surface area contributed by atoms with E-state index in [-0.39, 0.29) is 0 Å². The summed E-state index contributed by atoms with van der Waals surface area (Å²) in [6.07, 6.45) is 1.70. The van der Waals surface area contributed by atoms with Crippen LogP contribution in [-0.2, 0) is 0 Å². The van der Waals surface area contributed by atoms with Gasteiger partial charge < -0.3 is 9.47 Å². The van der Waals surface area contributed by atoms with Gasteiger partial charge in [-0.2, -0.15) is 5.10 Å². The van der Waals surface area contributed by atoms with Crippen molar-refractivity contribution in [1.82, 2.24) is 0 Å². The van der Waals surface area contributed by atoms with E-state index in [1.54, 1.807) is 20.4 Å². The summed E-state index contributed by atoms with van der Waals surface area (Å²) in [6, 6.07) is 13.4. The van der Waals surface area contributed by atoms with Crippen LogP contribution in [0.4, 0.5) is 5.69 Å². The largest absolute Gasteiger partial charge is 0.496 e. The molecule has 5 heteroatoms. The third-order valence-electron chi connectivity index (χ3n) is 2.68. The smallest absolute Gasteiger partial charge is 0.136 e. The number of halogens is 1. The predicted octanol–water partition coefficient (Wildman–Crippen LogP) is 3.91. The van der Waals surface area contributed by atoms with Crippen molar-refractivity contribution in [1.29, 1.82) is 0 Å². The lowest BCUT2D eigenvalue weighted by Gasteiger charge is -2.09. The van der Waals surface area contributed by atoms with Gasteiger partial charge in [0, 0.05) is 11.6 Å². The number of hydrogen-bond donors (Lipinski definition) is 1. The van der Waals surface area contributed by atoms with Crippen molar-refractivity contribution in [3.63, 3.8) is 0 Å². The number of benzene rings is 2. The van der Waals surface area contributed by atoms with Gasteiger partial charge in [-0.25, -0.2) is 0 Å². The average Bonchev–Trinajstić information content (AvgIpc) is 2.48. The Kier molecular flexibility index (Phi) is 5.01. The van der Waals surface area contributed by atoms with Gasteiger partial charge >= 0.3 is 0 Å². The van der Waals surface area contributed by atoms with Gasteiger partial charge in [0.2, 0.25) is 0 Å². The number of anilines is 1. The number of nitrogens with zero attached hydrogens (tertiary/aromatic N) is 1. The van der Waals surface area contributed by atoms with Gasteiger partial charge in [0.05, 0.1) is 30.6 Å². The SMILES string of the molecule is COc1cc(OC)c(/C=N\Nc2ccccc2)cc1Br. The highest BCUT2D eigenvalue weighted by atomic mass is 79.9. The maximum absolute atomic E-state index is 5.33. The minimum atomic E-state index is 0.698. The van der Waals surface area contributed by atoms with Crippen molar-refractivity contribution in [3.8, 4) is 11.5 Å². The zero-order valence-electron chi connectivity index (χ0n) is 11.3. The van der Waals surface area contributed by atoms with Gasteiger partial charge in [0.25, 0.3) is 0 Å². The van der Waals surface area contributed by atoms with Crippen molar-refractivity contribution in [2.45, 2.75) is 0 Å². The maximum Gasteiger partial charge on any atom is 0.136 e. The van der Waals surface area contributed by atoms with Crippen LogP contribution in [0.3, 0.4) is 0 Å². The molecule has 20 heavy (non-hydrogen) atoms. The topological polar surface area (TPSA) is 42.9 Å². The molecule has 2 aromatic rings. The molecule has 0 aliphatic heterocycles. The first-order valence-corrected chi connectivity index (χ1v) is 6.79. The zero-order chi connectivity index (χ0) is 14.4. The third kappa shape index (κ3) is 3.51. The van der Waals surface area contributed by atoms with Crippen LogP contribution >= 0.6 is 15.9 Å². The minimum Gasteiger partial charge on any atom is -0.496 e. The second kappa shape index (κ2) is 6.96. The molecule has 0 fully saturated rings. The molecule has 0 amide bonds. The molecular weight excluding hydrogens is 320 g/mol. The van der Waals surface area contributed by atoms with Crippen molar-refractivity contribution in [2.24, 2.45) is 5.10 Å². The molecule has 0 heterocycles. The summed E-state index contributed by atoms with van der Waals surface area (Å²) in [5.74, 6) is 1.42. The molecule has 104 valence electrons. The molecule has 0 spiro atoms. The molecule has 0 aliphatic carbocycles. The van der Waals surface area contributed by atoms with Crippen molar-refractivity contribution in [2.75, 3.05) is 19.6 Å². The first-order chi connectivity index (χ1) is 9.74. The Balaban J connectivity index is 2.18. The molecule has 0 saturated heterocycles. The minimum absolute atomic E-state index is 0.698. The number of hydrazone groups is 1. The van der Waals surface area contributed by atoms with E-state index in [2.05, 4.69) is 26.5 Å². The third-order valence-corrected chi connectivity index (χ3v) is 3.29. The van der Waals surface area contributed by atoms with Crippen molar-refractivity contribution >= 4 is 27.8 Å². The number of ether oxygens (including phenoxy) is 2. The molecule has 0 aliphatic rings. The summed E-state index contributed by atoms with van der Waals surface area (Å²) < 4.78 is 11.4. The van der Waals surface area contributed by atoms with Gasteiger partial charge in [0.1, 0.15) is 11.5 Å². The maximum atomic E-state index is 5.33. The summed E-state index contributed by atoms with van der Waals surface area (Å²) >= 11 is 3.44. The van der Waals surface area contributed by atoms with E-state index in [1.165, 1.54) is 0 Å². The summed E-state index contributed by atoms with van der Waals surface area (Å²) in [5.41, 5.74) is 4.74. The number of hydrogen-bond acceptors (Lipinski definition) is 4. The monoisotopic (exact) mass is 334 g/mol. The lowest BCUT2D eigenvalue weighted by Crippen LogP contribution is -1.96. The summed E-state index contributed by atoms with van der Waals surface area (Å²) in [4.78, 5) is 0. The fraction of sp³-hybridized carbons (Fsp3) is 0.133. The van der Waals surface area contributed by atoms with E-state index in [0.29, 0.717) is 5.75 Å². The fourth-order valence-corrected chi connectivity index (χ4v) is 2.20. The molecule has 1 N–H and O–H groups in total. The standard InChI is InChI=1S/C15H15BrN2O2/c1-19-14-9-15(20-2)13(16)8-11(14)10-17-18-12-6-4-3-5-7-12/h3-10,18H,1-2H3/b17-10-. The van der Waals surface area contributed by atoms with E-state index < -0.39 is 0 Å². The Morgan fingerprint density at radius 2 is 1.75 bits per heavy atom. The van der Waals surface area contributed by atoms with E-state index >= 15 is 0 Å².